The number of piperidine rings is 1. The number of benzene rings is 1. The highest BCUT2D eigenvalue weighted by molar-refractivity contribution is 5.93. The number of nitrogens with zero attached hydrogens (tertiary/aromatic N) is 2. The fourth-order valence-corrected chi connectivity index (χ4v) is 3.01. The Morgan fingerprint density at radius 1 is 1.38 bits per heavy atom. The molecule has 1 atom stereocenters. The smallest absolute Gasteiger partial charge is 0.276 e. The van der Waals surface area contributed by atoms with Crippen molar-refractivity contribution in [2.24, 2.45) is 5.92 Å². The van der Waals surface area contributed by atoms with Gasteiger partial charge in [0, 0.05) is 25.9 Å². The highest BCUT2D eigenvalue weighted by Crippen LogP contribution is 2.21. The quantitative estimate of drug-likeness (QED) is 0.861. The predicted molar refractivity (Wildman–Crippen MR) is 86.5 cm³/mol. The largest absolute Gasteiger partial charge is 0.493 e. The van der Waals surface area contributed by atoms with E-state index in [4.69, 9.17) is 9.15 Å². The van der Waals surface area contributed by atoms with Gasteiger partial charge in [0.1, 0.15) is 17.3 Å². The van der Waals surface area contributed by atoms with Crippen molar-refractivity contribution < 1.29 is 18.3 Å². The highest BCUT2D eigenvalue weighted by Gasteiger charge is 2.28. The first-order valence-electron chi connectivity index (χ1n) is 8.14. The first-order chi connectivity index (χ1) is 11.5. The van der Waals surface area contributed by atoms with Crippen LogP contribution in [0, 0.1) is 25.6 Å². The summed E-state index contributed by atoms with van der Waals surface area (Å²) in [7, 11) is 0. The standard InChI is InChI=1S/C18H21FN2O3/c1-12-17(20-13(2)24-12)18(22)21-9-3-4-14(10-21)11-23-16-7-5-15(19)6-8-16/h5-8,14H,3-4,9-11H2,1-2H3/t14-/m0/s1. The van der Waals surface area contributed by atoms with Crippen molar-refractivity contribution in [3.8, 4) is 5.75 Å². The molecule has 0 unspecified atom stereocenters. The number of likely N-dealkylation sites (tertiary alicyclic amines) is 1. The minimum absolute atomic E-state index is 0.0872. The number of oxazole rings is 1. The van der Waals surface area contributed by atoms with Gasteiger partial charge in [0.15, 0.2) is 11.6 Å². The highest BCUT2D eigenvalue weighted by atomic mass is 19.1. The van der Waals surface area contributed by atoms with Crippen molar-refractivity contribution in [1.82, 2.24) is 9.88 Å². The Morgan fingerprint density at radius 3 is 2.79 bits per heavy atom. The zero-order valence-electron chi connectivity index (χ0n) is 13.9. The van der Waals surface area contributed by atoms with Gasteiger partial charge in [-0.3, -0.25) is 4.79 Å². The van der Waals surface area contributed by atoms with Gasteiger partial charge in [0.05, 0.1) is 6.61 Å². The summed E-state index contributed by atoms with van der Waals surface area (Å²) >= 11 is 0. The van der Waals surface area contributed by atoms with Gasteiger partial charge in [-0.05, 0) is 44.0 Å². The van der Waals surface area contributed by atoms with Gasteiger partial charge < -0.3 is 14.1 Å². The van der Waals surface area contributed by atoms with E-state index in [1.165, 1.54) is 12.1 Å². The van der Waals surface area contributed by atoms with E-state index in [1.54, 1.807) is 26.0 Å². The summed E-state index contributed by atoms with van der Waals surface area (Å²) < 4.78 is 24.0. The molecule has 1 fully saturated rings. The maximum atomic E-state index is 12.9. The van der Waals surface area contributed by atoms with E-state index in [2.05, 4.69) is 4.98 Å². The number of hydrogen-bond donors (Lipinski definition) is 0. The summed E-state index contributed by atoms with van der Waals surface area (Å²) in [5, 5.41) is 0. The number of carbonyl (C=O) groups excluding carboxylic acids is 1. The first-order valence-corrected chi connectivity index (χ1v) is 8.14. The fourth-order valence-electron chi connectivity index (χ4n) is 3.01. The molecule has 5 nitrogen and oxygen atoms in total. The molecule has 24 heavy (non-hydrogen) atoms. The lowest BCUT2D eigenvalue weighted by molar-refractivity contribution is 0.0626. The minimum Gasteiger partial charge on any atom is -0.493 e. The van der Waals surface area contributed by atoms with E-state index in [0.29, 0.717) is 36.2 Å². The minimum atomic E-state index is -0.282. The molecule has 1 aromatic heterocycles. The summed E-state index contributed by atoms with van der Waals surface area (Å²) in [4.78, 5) is 18.6. The molecule has 3 rings (SSSR count). The van der Waals surface area contributed by atoms with Crippen molar-refractivity contribution in [2.75, 3.05) is 19.7 Å². The number of rotatable bonds is 4. The molecule has 1 aliphatic heterocycles. The van der Waals surface area contributed by atoms with Crippen molar-refractivity contribution in [1.29, 1.82) is 0 Å². The maximum Gasteiger partial charge on any atom is 0.276 e. The van der Waals surface area contributed by atoms with Crippen LogP contribution < -0.4 is 4.74 Å². The average molecular weight is 332 g/mol. The first kappa shape index (κ1) is 16.5. The zero-order chi connectivity index (χ0) is 17.1. The van der Waals surface area contributed by atoms with Gasteiger partial charge in [-0.15, -0.1) is 0 Å². The molecule has 0 saturated carbocycles. The van der Waals surface area contributed by atoms with Crippen molar-refractivity contribution in [3.63, 3.8) is 0 Å². The van der Waals surface area contributed by atoms with Crippen LogP contribution in [0.5, 0.6) is 5.75 Å². The van der Waals surface area contributed by atoms with Crippen LogP contribution in [0.4, 0.5) is 4.39 Å². The van der Waals surface area contributed by atoms with Gasteiger partial charge in [-0.1, -0.05) is 0 Å². The fraction of sp³-hybridized carbons (Fsp3) is 0.444. The lowest BCUT2D eigenvalue weighted by atomic mass is 9.98. The van der Waals surface area contributed by atoms with Crippen LogP contribution in [0.25, 0.3) is 0 Å². The van der Waals surface area contributed by atoms with Crippen LogP contribution >= 0.6 is 0 Å². The molecule has 0 N–H and O–H groups in total. The molecule has 0 bridgehead atoms. The number of halogens is 1. The van der Waals surface area contributed by atoms with Crippen LogP contribution in [0.15, 0.2) is 28.7 Å². The van der Waals surface area contributed by atoms with Crippen molar-refractivity contribution in [3.05, 3.63) is 47.4 Å². The Hall–Kier alpha value is -2.37. The van der Waals surface area contributed by atoms with Crippen LogP contribution in [0.2, 0.25) is 0 Å². The summed E-state index contributed by atoms with van der Waals surface area (Å²) in [6.45, 7) is 5.35. The summed E-state index contributed by atoms with van der Waals surface area (Å²) in [5.41, 5.74) is 0.396. The van der Waals surface area contributed by atoms with Crippen LogP contribution in [-0.4, -0.2) is 35.5 Å². The third-order valence-electron chi connectivity index (χ3n) is 4.21. The lowest BCUT2D eigenvalue weighted by Crippen LogP contribution is -2.42. The second-order valence-electron chi connectivity index (χ2n) is 6.16. The summed E-state index contributed by atoms with van der Waals surface area (Å²) in [5.74, 6) is 1.58. The van der Waals surface area contributed by atoms with E-state index in [1.807, 2.05) is 4.90 Å². The Bertz CT molecular complexity index is 712. The van der Waals surface area contributed by atoms with E-state index in [-0.39, 0.29) is 17.6 Å². The summed E-state index contributed by atoms with van der Waals surface area (Å²) in [6, 6.07) is 5.98. The Kier molecular flexibility index (Phi) is 4.83. The zero-order valence-corrected chi connectivity index (χ0v) is 13.9. The SMILES string of the molecule is Cc1nc(C(=O)N2CCC[C@H](COc3ccc(F)cc3)C2)c(C)o1. The Balaban J connectivity index is 1.58. The number of carbonyl (C=O) groups is 1. The number of hydrogen-bond acceptors (Lipinski definition) is 4. The molecule has 128 valence electrons. The molecular formula is C18H21FN2O3. The Morgan fingerprint density at radius 2 is 2.12 bits per heavy atom. The van der Waals surface area contributed by atoms with E-state index >= 15 is 0 Å². The normalized spacial score (nSPS) is 17.8. The average Bonchev–Trinajstić information content (AvgIpc) is 2.92. The molecule has 1 aliphatic rings. The maximum absolute atomic E-state index is 12.9. The molecule has 0 aliphatic carbocycles. The van der Waals surface area contributed by atoms with Gasteiger partial charge >= 0.3 is 0 Å². The van der Waals surface area contributed by atoms with Crippen LogP contribution in [0.1, 0.15) is 35.0 Å². The van der Waals surface area contributed by atoms with Gasteiger partial charge in [0.25, 0.3) is 5.91 Å². The molecule has 2 heterocycles. The predicted octanol–water partition coefficient (Wildman–Crippen LogP) is 3.36. The molecule has 1 aromatic carbocycles. The van der Waals surface area contributed by atoms with Gasteiger partial charge in [-0.25, -0.2) is 9.37 Å². The second-order valence-corrected chi connectivity index (χ2v) is 6.16. The van der Waals surface area contributed by atoms with Crippen LogP contribution in [-0.2, 0) is 0 Å². The number of amides is 1. The van der Waals surface area contributed by atoms with Crippen molar-refractivity contribution in [2.45, 2.75) is 26.7 Å². The topological polar surface area (TPSA) is 55.6 Å². The summed E-state index contributed by atoms with van der Waals surface area (Å²) in [6.07, 6.45) is 1.93. The number of ether oxygens (including phenoxy) is 1. The molecule has 2 aromatic rings. The monoisotopic (exact) mass is 332 g/mol. The number of aryl methyl sites for hydroxylation is 2. The van der Waals surface area contributed by atoms with Crippen molar-refractivity contribution >= 4 is 5.91 Å². The molecule has 6 heteroatoms. The molecule has 1 saturated heterocycles. The second kappa shape index (κ2) is 7.03. The van der Waals surface area contributed by atoms with E-state index in [9.17, 15) is 9.18 Å². The molecular weight excluding hydrogens is 311 g/mol. The van der Waals surface area contributed by atoms with Crippen LogP contribution in [0.3, 0.4) is 0 Å². The molecule has 1 amide bonds. The Labute approximate surface area is 140 Å². The third kappa shape index (κ3) is 3.75. The third-order valence-corrected chi connectivity index (χ3v) is 4.21. The van der Waals surface area contributed by atoms with E-state index < -0.39 is 0 Å². The van der Waals surface area contributed by atoms with Gasteiger partial charge in [0.2, 0.25) is 0 Å². The molecule has 0 spiro atoms. The lowest BCUT2D eigenvalue weighted by Gasteiger charge is -2.32. The number of aromatic nitrogens is 1. The van der Waals surface area contributed by atoms with E-state index in [0.717, 1.165) is 19.4 Å². The molecule has 0 radical (unpaired) electrons. The van der Waals surface area contributed by atoms with Gasteiger partial charge in [-0.2, -0.15) is 0 Å².